The molecular formula is C43H34N4S. The van der Waals surface area contributed by atoms with Crippen molar-refractivity contribution in [3.05, 3.63) is 162 Å². The second-order valence-electron chi connectivity index (χ2n) is 12.9. The van der Waals surface area contributed by atoms with Crippen LogP contribution in [-0.4, -0.2) is 10.7 Å². The van der Waals surface area contributed by atoms with E-state index >= 15 is 0 Å². The number of aromatic nitrogens is 1. The molecule has 4 nitrogen and oxygen atoms in total. The lowest BCUT2D eigenvalue weighted by Crippen LogP contribution is -2.59. The van der Waals surface area contributed by atoms with Gasteiger partial charge in [-0.3, -0.25) is 16.0 Å². The zero-order valence-electron chi connectivity index (χ0n) is 26.4. The highest BCUT2D eigenvalue weighted by atomic mass is 32.1. The van der Waals surface area contributed by atoms with Gasteiger partial charge in [0, 0.05) is 31.9 Å². The van der Waals surface area contributed by atoms with E-state index in [-0.39, 0.29) is 18.5 Å². The van der Waals surface area contributed by atoms with Crippen molar-refractivity contribution in [2.24, 2.45) is 0 Å². The fourth-order valence-electron chi connectivity index (χ4n) is 7.96. The molecule has 0 amide bonds. The molecule has 3 heterocycles. The molecule has 232 valence electrons. The molecule has 1 aliphatic carbocycles. The average Bonchev–Trinajstić information content (AvgIpc) is 3.73. The summed E-state index contributed by atoms with van der Waals surface area (Å²) in [5.41, 5.74) is 7.54. The van der Waals surface area contributed by atoms with Gasteiger partial charge in [0.25, 0.3) is 0 Å². The number of fused-ring (bicyclic) bond motifs is 10. The monoisotopic (exact) mass is 638 g/mol. The largest absolute Gasteiger partial charge is 0.308 e. The summed E-state index contributed by atoms with van der Waals surface area (Å²) in [7, 11) is 0. The molecule has 1 fully saturated rings. The molecule has 6 aromatic carbocycles. The van der Waals surface area contributed by atoms with Crippen LogP contribution < -0.4 is 16.0 Å². The summed E-state index contributed by atoms with van der Waals surface area (Å²) in [6.45, 7) is 0. The number of hydrogen-bond acceptors (Lipinski definition) is 4. The van der Waals surface area contributed by atoms with E-state index in [9.17, 15) is 0 Å². The van der Waals surface area contributed by atoms with Gasteiger partial charge in [0.2, 0.25) is 0 Å². The second kappa shape index (κ2) is 11.3. The van der Waals surface area contributed by atoms with E-state index < -0.39 is 0 Å². The lowest BCUT2D eigenvalue weighted by Gasteiger charge is -2.40. The molecular weight excluding hydrogens is 605 g/mol. The highest BCUT2D eigenvalue weighted by Crippen LogP contribution is 2.47. The predicted molar refractivity (Wildman–Crippen MR) is 203 cm³/mol. The maximum absolute atomic E-state index is 3.88. The van der Waals surface area contributed by atoms with Crippen LogP contribution in [0.25, 0.3) is 58.4 Å². The normalized spacial score (nSPS) is 19.9. The molecule has 0 bridgehead atoms. The van der Waals surface area contributed by atoms with Crippen LogP contribution in [0.1, 0.15) is 36.3 Å². The molecule has 2 aliphatic rings. The summed E-state index contributed by atoms with van der Waals surface area (Å²) in [6, 6.07) is 46.6. The van der Waals surface area contributed by atoms with Crippen molar-refractivity contribution in [1.29, 1.82) is 0 Å². The van der Waals surface area contributed by atoms with Gasteiger partial charge in [0.1, 0.15) is 0 Å². The lowest BCUT2D eigenvalue weighted by atomic mass is 9.99. The number of hydrogen-bond donors (Lipinski definition) is 3. The smallest absolute Gasteiger partial charge is 0.0864 e. The Kier molecular flexibility index (Phi) is 6.59. The van der Waals surface area contributed by atoms with Gasteiger partial charge in [-0.25, -0.2) is 0 Å². The Morgan fingerprint density at radius 2 is 1.19 bits per heavy atom. The van der Waals surface area contributed by atoms with Crippen LogP contribution in [0.3, 0.4) is 0 Å². The Morgan fingerprint density at radius 3 is 1.94 bits per heavy atom. The van der Waals surface area contributed by atoms with Crippen molar-refractivity contribution in [2.45, 2.75) is 31.3 Å². The molecule has 1 saturated heterocycles. The number of nitrogens with zero attached hydrogens (tertiary/aromatic N) is 1. The van der Waals surface area contributed by atoms with E-state index in [4.69, 9.17) is 0 Å². The summed E-state index contributed by atoms with van der Waals surface area (Å²) < 4.78 is 5.16. The van der Waals surface area contributed by atoms with E-state index in [2.05, 4.69) is 166 Å². The van der Waals surface area contributed by atoms with Crippen LogP contribution in [0.15, 0.2) is 151 Å². The van der Waals surface area contributed by atoms with Crippen molar-refractivity contribution in [1.82, 2.24) is 20.5 Å². The van der Waals surface area contributed by atoms with Crippen LogP contribution in [0, 0.1) is 0 Å². The minimum absolute atomic E-state index is 0.0151. The highest BCUT2D eigenvalue weighted by Gasteiger charge is 2.31. The van der Waals surface area contributed by atoms with Crippen molar-refractivity contribution in [3.63, 3.8) is 0 Å². The molecule has 0 radical (unpaired) electrons. The van der Waals surface area contributed by atoms with Crippen LogP contribution in [0.2, 0.25) is 0 Å². The first kappa shape index (κ1) is 28.0. The minimum Gasteiger partial charge on any atom is -0.308 e. The quantitative estimate of drug-likeness (QED) is 0.180. The van der Waals surface area contributed by atoms with E-state index in [1.54, 1.807) is 0 Å². The number of para-hydroxylation sites is 1. The van der Waals surface area contributed by atoms with Gasteiger partial charge in [-0.05, 0) is 64.6 Å². The van der Waals surface area contributed by atoms with Gasteiger partial charge >= 0.3 is 0 Å². The van der Waals surface area contributed by atoms with E-state index in [1.165, 1.54) is 75.1 Å². The summed E-state index contributed by atoms with van der Waals surface area (Å²) in [4.78, 5) is 0. The van der Waals surface area contributed by atoms with Crippen LogP contribution in [-0.2, 0) is 0 Å². The van der Waals surface area contributed by atoms with Gasteiger partial charge < -0.3 is 4.57 Å². The van der Waals surface area contributed by atoms with Gasteiger partial charge in [-0.2, -0.15) is 0 Å². The molecule has 3 atom stereocenters. The Balaban J connectivity index is 1.14. The SMILES string of the molecule is C1=CCCC(C2NC(c3ccccc3)NC(c3ccc(-n4c5ccccc5c5c6ccccc6c6c7ccccc7sc6c54)cc3)N2)=C1. The van der Waals surface area contributed by atoms with Crippen molar-refractivity contribution in [2.75, 3.05) is 0 Å². The third-order valence-electron chi connectivity index (χ3n) is 10.2. The van der Waals surface area contributed by atoms with E-state index in [1.807, 2.05) is 11.3 Å². The summed E-state index contributed by atoms with van der Waals surface area (Å²) >= 11 is 1.91. The van der Waals surface area contributed by atoms with Crippen LogP contribution in [0.4, 0.5) is 0 Å². The molecule has 2 aromatic heterocycles. The molecule has 10 rings (SSSR count). The Bertz CT molecular complexity index is 2560. The first-order valence-corrected chi connectivity index (χ1v) is 17.7. The molecule has 3 unspecified atom stereocenters. The molecule has 5 heteroatoms. The summed E-state index contributed by atoms with van der Waals surface area (Å²) in [5, 5.41) is 19.5. The molecule has 0 saturated carbocycles. The standard InChI is InChI=1S/C43H34N4S/c1-3-13-27(14-4-1)41-44-42(28-15-5-2-6-16-28)46-43(45-41)29-23-25-30(26-24-29)47-35-21-11-9-19-33(35)37-31-17-7-8-18-32(31)38-34-20-10-12-22-36(34)48-40(38)39(37)47/h1-5,7-15,17-26,41-46H,6,16H2. The maximum atomic E-state index is 3.88. The lowest BCUT2D eigenvalue weighted by molar-refractivity contribution is 0.219. The number of benzene rings is 6. The number of nitrogens with one attached hydrogen (secondary N) is 3. The zero-order valence-corrected chi connectivity index (χ0v) is 27.2. The topological polar surface area (TPSA) is 41.0 Å². The minimum atomic E-state index is -0.0151. The summed E-state index contributed by atoms with van der Waals surface area (Å²) in [5.74, 6) is 0. The maximum Gasteiger partial charge on any atom is 0.0864 e. The Morgan fingerprint density at radius 1 is 0.562 bits per heavy atom. The fraction of sp³-hybridized carbons (Fsp3) is 0.116. The van der Waals surface area contributed by atoms with Crippen LogP contribution in [0.5, 0.6) is 0 Å². The predicted octanol–water partition coefficient (Wildman–Crippen LogP) is 10.4. The molecule has 3 N–H and O–H groups in total. The molecule has 8 aromatic rings. The zero-order chi connectivity index (χ0) is 31.6. The van der Waals surface area contributed by atoms with Crippen molar-refractivity contribution in [3.8, 4) is 5.69 Å². The second-order valence-corrected chi connectivity index (χ2v) is 14.0. The van der Waals surface area contributed by atoms with Gasteiger partial charge in [-0.1, -0.05) is 121 Å². The first-order valence-electron chi connectivity index (χ1n) is 16.9. The highest BCUT2D eigenvalue weighted by molar-refractivity contribution is 7.27. The van der Waals surface area contributed by atoms with E-state index in [0.717, 1.165) is 12.8 Å². The van der Waals surface area contributed by atoms with E-state index in [0.29, 0.717) is 0 Å². The third kappa shape index (κ3) is 4.40. The number of allylic oxidation sites excluding steroid dienone is 3. The van der Waals surface area contributed by atoms with Gasteiger partial charge in [0.05, 0.1) is 34.2 Å². The fourth-order valence-corrected chi connectivity index (χ4v) is 9.22. The van der Waals surface area contributed by atoms with Gasteiger partial charge in [0.15, 0.2) is 0 Å². The van der Waals surface area contributed by atoms with Crippen LogP contribution >= 0.6 is 11.3 Å². The molecule has 48 heavy (non-hydrogen) atoms. The first-order chi connectivity index (χ1) is 23.8. The third-order valence-corrected chi connectivity index (χ3v) is 11.4. The number of rotatable bonds is 4. The average molecular weight is 639 g/mol. The van der Waals surface area contributed by atoms with Gasteiger partial charge in [-0.15, -0.1) is 11.3 Å². The molecule has 0 spiro atoms. The Hall–Kier alpha value is -5.04. The summed E-state index contributed by atoms with van der Waals surface area (Å²) in [6.07, 6.45) is 8.94. The number of thiophene rings is 1. The van der Waals surface area contributed by atoms with Crippen molar-refractivity contribution < 1.29 is 0 Å². The Labute approximate surface area is 283 Å². The van der Waals surface area contributed by atoms with Crippen molar-refractivity contribution >= 4 is 64.1 Å². The molecule has 1 aliphatic heterocycles.